The van der Waals surface area contributed by atoms with Crippen molar-refractivity contribution in [2.75, 3.05) is 0 Å². The lowest BCUT2D eigenvalue weighted by atomic mass is 10.2. The maximum atomic E-state index is 5.92. The Bertz CT molecular complexity index is 391. The van der Waals surface area contributed by atoms with Crippen LogP contribution in [-0.4, -0.2) is 14.6 Å². The molecule has 0 heterocycles. The molecule has 0 aliphatic carbocycles. The maximum Gasteiger partial charge on any atom is 0.171 e. The fourth-order valence-corrected chi connectivity index (χ4v) is 3.33. The van der Waals surface area contributed by atoms with Crippen molar-refractivity contribution in [3.8, 4) is 5.75 Å². The van der Waals surface area contributed by atoms with Gasteiger partial charge in [0.05, 0.1) is 15.6 Å². The Balaban J connectivity index is 2.91. The molecule has 1 aromatic rings. The zero-order valence-electron chi connectivity index (χ0n) is 11.5. The first-order chi connectivity index (χ1) is 8.19. The summed E-state index contributed by atoms with van der Waals surface area (Å²) in [6.07, 6.45) is 0. The lowest BCUT2D eigenvalue weighted by molar-refractivity contribution is 0.128. The Morgan fingerprint density at radius 3 is 2.00 bits per heavy atom. The summed E-state index contributed by atoms with van der Waals surface area (Å²) in [6, 6.07) is 4.12. The van der Waals surface area contributed by atoms with Crippen LogP contribution < -0.4 is 4.74 Å². The third kappa shape index (κ3) is 5.43. The summed E-state index contributed by atoms with van der Waals surface area (Å²) in [5, 5.41) is 0. The number of ether oxygens (including phenoxy) is 1. The molecule has 0 spiro atoms. The lowest BCUT2D eigenvalue weighted by Gasteiger charge is -2.23. The summed E-state index contributed by atoms with van der Waals surface area (Å²) < 4.78 is 13.6. The fourth-order valence-electron chi connectivity index (χ4n) is 1.36. The van der Waals surface area contributed by atoms with E-state index in [2.05, 4.69) is 57.1 Å². The zero-order valence-corrected chi connectivity index (χ0v) is 15.8. The zero-order chi connectivity index (χ0) is 13.9. The number of benzene rings is 1. The standard InChI is InChI=1S/C13H20Br2O2Si/c1-13(2,3)17-12-10(14)6-9(7-11(12)15)8-16-18(4)5/h6-7,18H,8H2,1-5H3. The molecule has 0 bridgehead atoms. The minimum absolute atomic E-state index is 0.214. The summed E-state index contributed by atoms with van der Waals surface area (Å²) in [5.74, 6) is 0.841. The molecule has 5 heteroatoms. The first kappa shape index (κ1) is 16.2. The van der Waals surface area contributed by atoms with E-state index in [9.17, 15) is 0 Å². The van der Waals surface area contributed by atoms with Gasteiger partial charge in [0.1, 0.15) is 11.4 Å². The molecular weight excluding hydrogens is 376 g/mol. The van der Waals surface area contributed by atoms with Gasteiger partial charge in [0, 0.05) is 0 Å². The van der Waals surface area contributed by atoms with Crippen LogP contribution >= 0.6 is 31.9 Å². The van der Waals surface area contributed by atoms with E-state index in [0.29, 0.717) is 6.61 Å². The van der Waals surface area contributed by atoms with E-state index in [4.69, 9.17) is 9.16 Å². The first-order valence-electron chi connectivity index (χ1n) is 5.97. The van der Waals surface area contributed by atoms with Crippen molar-refractivity contribution >= 4 is 40.9 Å². The second-order valence-electron chi connectivity index (χ2n) is 5.46. The molecule has 0 aromatic heterocycles. The Morgan fingerprint density at radius 2 is 1.61 bits per heavy atom. The normalized spacial score (nSPS) is 12.0. The molecule has 2 nitrogen and oxygen atoms in total. The first-order valence-corrected chi connectivity index (χ1v) is 10.3. The van der Waals surface area contributed by atoms with Gasteiger partial charge in [-0.15, -0.1) is 0 Å². The van der Waals surface area contributed by atoms with Crippen LogP contribution in [0.1, 0.15) is 26.3 Å². The molecule has 0 fully saturated rings. The number of hydrogen-bond donors (Lipinski definition) is 0. The molecule has 18 heavy (non-hydrogen) atoms. The van der Waals surface area contributed by atoms with Crippen LogP contribution in [0.25, 0.3) is 0 Å². The molecule has 0 atom stereocenters. The van der Waals surface area contributed by atoms with Gasteiger partial charge in [-0.1, -0.05) is 0 Å². The largest absolute Gasteiger partial charge is 0.486 e. The smallest absolute Gasteiger partial charge is 0.171 e. The fraction of sp³-hybridized carbons (Fsp3) is 0.538. The second kappa shape index (κ2) is 6.55. The van der Waals surface area contributed by atoms with Gasteiger partial charge in [0.25, 0.3) is 0 Å². The third-order valence-corrected chi connectivity index (χ3v) is 4.06. The monoisotopic (exact) mass is 394 g/mol. The summed E-state index contributed by atoms with van der Waals surface area (Å²) in [5.41, 5.74) is 0.935. The van der Waals surface area contributed by atoms with Crippen LogP contribution in [0.4, 0.5) is 0 Å². The maximum absolute atomic E-state index is 5.92. The molecule has 0 unspecified atom stereocenters. The van der Waals surface area contributed by atoms with Crippen molar-refractivity contribution in [2.45, 2.75) is 46.1 Å². The van der Waals surface area contributed by atoms with Gasteiger partial charge in [-0.2, -0.15) is 0 Å². The van der Waals surface area contributed by atoms with E-state index in [-0.39, 0.29) is 5.60 Å². The predicted octanol–water partition coefficient (Wildman–Crippen LogP) is 4.89. The highest BCUT2D eigenvalue weighted by molar-refractivity contribution is 9.11. The summed E-state index contributed by atoms with van der Waals surface area (Å²) in [4.78, 5) is 0. The third-order valence-electron chi connectivity index (χ3n) is 2.05. The van der Waals surface area contributed by atoms with Crippen LogP contribution in [0.5, 0.6) is 5.75 Å². The highest BCUT2D eigenvalue weighted by Crippen LogP contribution is 2.37. The highest BCUT2D eigenvalue weighted by atomic mass is 79.9. The highest BCUT2D eigenvalue weighted by Gasteiger charge is 2.17. The van der Waals surface area contributed by atoms with Gasteiger partial charge >= 0.3 is 0 Å². The minimum Gasteiger partial charge on any atom is -0.486 e. The van der Waals surface area contributed by atoms with Crippen LogP contribution in [0.2, 0.25) is 13.1 Å². The predicted molar refractivity (Wildman–Crippen MR) is 85.9 cm³/mol. The quantitative estimate of drug-likeness (QED) is 0.675. The number of halogens is 2. The van der Waals surface area contributed by atoms with E-state index in [0.717, 1.165) is 20.3 Å². The molecule has 0 aliphatic heterocycles. The van der Waals surface area contributed by atoms with Crippen LogP contribution in [0.3, 0.4) is 0 Å². The van der Waals surface area contributed by atoms with Crippen molar-refractivity contribution < 1.29 is 9.16 Å². The molecule has 1 rings (SSSR count). The SMILES string of the molecule is C[SiH](C)OCc1cc(Br)c(OC(C)(C)C)c(Br)c1. The summed E-state index contributed by atoms with van der Waals surface area (Å²) >= 11 is 7.12. The van der Waals surface area contributed by atoms with Crippen molar-refractivity contribution in [1.29, 1.82) is 0 Å². The van der Waals surface area contributed by atoms with E-state index in [1.165, 1.54) is 0 Å². The Kier molecular flexibility index (Phi) is 5.90. The van der Waals surface area contributed by atoms with Gasteiger partial charge in [-0.05, 0) is 83.4 Å². The van der Waals surface area contributed by atoms with E-state index >= 15 is 0 Å². The molecule has 0 amide bonds. The molecule has 0 radical (unpaired) electrons. The Hall–Kier alpha value is 0.157. The van der Waals surface area contributed by atoms with Gasteiger partial charge in [0.2, 0.25) is 0 Å². The topological polar surface area (TPSA) is 18.5 Å². The van der Waals surface area contributed by atoms with Gasteiger partial charge in [-0.3, -0.25) is 0 Å². The van der Waals surface area contributed by atoms with Crippen LogP contribution in [0.15, 0.2) is 21.1 Å². The van der Waals surface area contributed by atoms with E-state index in [1.807, 2.05) is 20.8 Å². The molecule has 1 aromatic carbocycles. The number of rotatable bonds is 4. The summed E-state index contributed by atoms with van der Waals surface area (Å²) in [7, 11) is -0.981. The molecule has 0 N–H and O–H groups in total. The van der Waals surface area contributed by atoms with Gasteiger partial charge in [0.15, 0.2) is 9.04 Å². The van der Waals surface area contributed by atoms with Crippen molar-refractivity contribution in [1.82, 2.24) is 0 Å². The molecule has 102 valence electrons. The van der Waals surface area contributed by atoms with Gasteiger partial charge in [-0.25, -0.2) is 0 Å². The molecule has 0 saturated heterocycles. The molecule has 0 aliphatic rings. The van der Waals surface area contributed by atoms with Crippen molar-refractivity contribution in [2.24, 2.45) is 0 Å². The average Bonchev–Trinajstić information content (AvgIpc) is 2.19. The Morgan fingerprint density at radius 1 is 1.11 bits per heavy atom. The van der Waals surface area contributed by atoms with E-state index < -0.39 is 9.04 Å². The molecular formula is C13H20Br2O2Si. The molecule has 0 saturated carbocycles. The summed E-state index contributed by atoms with van der Waals surface area (Å²) in [6.45, 7) is 11.1. The average molecular weight is 396 g/mol. The van der Waals surface area contributed by atoms with Crippen molar-refractivity contribution in [3.05, 3.63) is 26.6 Å². The lowest BCUT2D eigenvalue weighted by Crippen LogP contribution is -2.23. The minimum atomic E-state index is -0.981. The van der Waals surface area contributed by atoms with E-state index in [1.54, 1.807) is 0 Å². The van der Waals surface area contributed by atoms with Gasteiger partial charge < -0.3 is 9.16 Å². The Labute approximate surface area is 128 Å². The second-order valence-corrected chi connectivity index (χ2v) is 9.60. The number of hydrogen-bond acceptors (Lipinski definition) is 2. The van der Waals surface area contributed by atoms with Crippen LogP contribution in [-0.2, 0) is 11.0 Å². The van der Waals surface area contributed by atoms with Crippen LogP contribution in [0, 0.1) is 0 Å². The van der Waals surface area contributed by atoms with Crippen molar-refractivity contribution in [3.63, 3.8) is 0 Å².